The van der Waals surface area contributed by atoms with Gasteiger partial charge >= 0.3 is 0 Å². The molecule has 0 spiro atoms. The van der Waals surface area contributed by atoms with E-state index in [4.69, 9.17) is 0 Å². The molecular weight excluding hydrogens is 324 g/mol. The lowest BCUT2D eigenvalue weighted by atomic mass is 9.85. The molecule has 0 aromatic carbocycles. The summed E-state index contributed by atoms with van der Waals surface area (Å²) in [6, 6.07) is 0.170. The fraction of sp³-hybridized carbons (Fsp3) is 0.933. The van der Waals surface area contributed by atoms with E-state index in [2.05, 4.69) is 5.32 Å². The van der Waals surface area contributed by atoms with E-state index in [9.17, 15) is 13.2 Å². The van der Waals surface area contributed by atoms with Crippen LogP contribution in [0.3, 0.4) is 0 Å². The number of carbonyl (C=O) groups excluding carboxylic acids is 1. The number of hydrogen-bond acceptors (Lipinski definition) is 4. The fourth-order valence-electron chi connectivity index (χ4n) is 4.19. The van der Waals surface area contributed by atoms with Gasteiger partial charge in [-0.2, -0.15) is 0 Å². The van der Waals surface area contributed by atoms with Gasteiger partial charge < -0.3 is 10.2 Å². The highest BCUT2D eigenvalue weighted by molar-refractivity contribution is 7.92. The Morgan fingerprint density at radius 1 is 1.18 bits per heavy atom. The molecule has 2 aliphatic heterocycles. The zero-order valence-corrected chi connectivity index (χ0v) is 15.0. The van der Waals surface area contributed by atoms with Crippen molar-refractivity contribution in [1.82, 2.24) is 10.2 Å². The van der Waals surface area contributed by atoms with E-state index in [0.717, 1.165) is 6.42 Å². The summed E-state index contributed by atoms with van der Waals surface area (Å²) in [5.74, 6) is 0.844. The lowest BCUT2D eigenvalue weighted by molar-refractivity contribution is -0.135. The minimum atomic E-state index is -3.04. The Balaban J connectivity index is 0.00000176. The van der Waals surface area contributed by atoms with Crippen LogP contribution in [-0.4, -0.2) is 54.9 Å². The van der Waals surface area contributed by atoms with Gasteiger partial charge in [-0.3, -0.25) is 4.79 Å². The van der Waals surface area contributed by atoms with Crippen LogP contribution in [0.4, 0.5) is 0 Å². The van der Waals surface area contributed by atoms with Gasteiger partial charge in [0, 0.05) is 18.6 Å². The molecule has 5 unspecified atom stereocenters. The average molecular weight is 351 g/mol. The number of hydrogen-bond donors (Lipinski definition) is 1. The smallest absolute Gasteiger partial charge is 0.240 e. The SMILES string of the molecule is CC1C(C)S(=O)(=O)CCN1C(=O)C1CC2CCCCC2N1.Cl. The Bertz CT molecular complexity index is 511. The lowest BCUT2D eigenvalue weighted by Crippen LogP contribution is -2.58. The van der Waals surface area contributed by atoms with E-state index in [1.54, 1.807) is 11.8 Å². The molecule has 2 heterocycles. The Hall–Kier alpha value is -0.330. The van der Waals surface area contributed by atoms with E-state index in [1.807, 2.05) is 6.92 Å². The highest BCUT2D eigenvalue weighted by Gasteiger charge is 2.44. The zero-order chi connectivity index (χ0) is 15.2. The number of carbonyl (C=O) groups is 1. The molecule has 0 radical (unpaired) electrons. The maximum absolute atomic E-state index is 12.8. The summed E-state index contributed by atoms with van der Waals surface area (Å²) in [5, 5.41) is 3.05. The first-order chi connectivity index (χ1) is 9.90. The van der Waals surface area contributed by atoms with Crippen molar-refractivity contribution in [3.63, 3.8) is 0 Å². The molecule has 1 N–H and O–H groups in total. The Morgan fingerprint density at radius 3 is 2.55 bits per heavy atom. The fourth-order valence-corrected chi connectivity index (χ4v) is 5.76. The molecule has 5 nitrogen and oxygen atoms in total. The van der Waals surface area contributed by atoms with Crippen molar-refractivity contribution in [3.8, 4) is 0 Å². The highest BCUT2D eigenvalue weighted by atomic mass is 35.5. The lowest BCUT2D eigenvalue weighted by Gasteiger charge is -2.38. The minimum Gasteiger partial charge on any atom is -0.336 e. The van der Waals surface area contributed by atoms with Crippen molar-refractivity contribution in [2.24, 2.45) is 5.92 Å². The largest absolute Gasteiger partial charge is 0.336 e. The topological polar surface area (TPSA) is 66.5 Å². The van der Waals surface area contributed by atoms with Gasteiger partial charge in [0.15, 0.2) is 9.84 Å². The van der Waals surface area contributed by atoms with Crippen molar-refractivity contribution < 1.29 is 13.2 Å². The molecule has 128 valence electrons. The quantitative estimate of drug-likeness (QED) is 0.775. The van der Waals surface area contributed by atoms with Crippen molar-refractivity contribution in [3.05, 3.63) is 0 Å². The number of nitrogens with zero attached hydrogens (tertiary/aromatic N) is 1. The van der Waals surface area contributed by atoms with E-state index >= 15 is 0 Å². The number of nitrogens with one attached hydrogen (secondary N) is 1. The molecular formula is C15H27ClN2O3S. The van der Waals surface area contributed by atoms with Gasteiger partial charge in [-0.15, -0.1) is 12.4 Å². The zero-order valence-electron chi connectivity index (χ0n) is 13.3. The van der Waals surface area contributed by atoms with Crippen LogP contribution in [0.1, 0.15) is 46.0 Å². The summed E-state index contributed by atoms with van der Waals surface area (Å²) in [6.45, 7) is 3.93. The molecule has 0 aromatic rings. The molecule has 3 aliphatic rings. The first kappa shape index (κ1) is 18.0. The third-order valence-corrected chi connectivity index (χ3v) is 8.08. The van der Waals surface area contributed by atoms with E-state index in [0.29, 0.717) is 18.5 Å². The van der Waals surface area contributed by atoms with Crippen molar-refractivity contribution in [1.29, 1.82) is 0 Å². The van der Waals surface area contributed by atoms with Gasteiger partial charge in [0.2, 0.25) is 5.91 Å². The molecule has 1 amide bonds. The summed E-state index contributed by atoms with van der Waals surface area (Å²) >= 11 is 0. The minimum absolute atomic E-state index is 0. The van der Waals surface area contributed by atoms with Crippen molar-refractivity contribution >= 4 is 28.2 Å². The summed E-state index contributed by atoms with van der Waals surface area (Å²) in [7, 11) is -3.04. The monoisotopic (exact) mass is 350 g/mol. The normalized spacial score (nSPS) is 40.6. The second-order valence-corrected chi connectivity index (χ2v) is 9.43. The third kappa shape index (κ3) is 3.15. The van der Waals surface area contributed by atoms with Crippen LogP contribution >= 0.6 is 12.4 Å². The maximum Gasteiger partial charge on any atom is 0.240 e. The highest BCUT2D eigenvalue weighted by Crippen LogP contribution is 2.34. The third-order valence-electron chi connectivity index (χ3n) is 5.80. The Labute approximate surface area is 139 Å². The van der Waals surface area contributed by atoms with Gasteiger partial charge in [0.25, 0.3) is 0 Å². The molecule has 5 atom stereocenters. The number of halogens is 1. The van der Waals surface area contributed by atoms with E-state index < -0.39 is 15.1 Å². The van der Waals surface area contributed by atoms with Gasteiger partial charge in [-0.1, -0.05) is 12.8 Å². The summed E-state index contributed by atoms with van der Waals surface area (Å²) in [6.07, 6.45) is 5.86. The van der Waals surface area contributed by atoms with Crippen LogP contribution in [0.25, 0.3) is 0 Å². The second kappa shape index (κ2) is 6.65. The standard InChI is InChI=1S/C15H26N2O3S.ClH/c1-10-11(2)21(19,20)8-7-17(10)15(18)14-9-12-5-3-4-6-13(12)16-14;/h10-14,16H,3-9H2,1-2H3;1H. The van der Waals surface area contributed by atoms with Crippen LogP contribution in [-0.2, 0) is 14.6 Å². The predicted octanol–water partition coefficient (Wildman–Crippen LogP) is 1.36. The summed E-state index contributed by atoms with van der Waals surface area (Å²) in [4.78, 5) is 14.6. The average Bonchev–Trinajstić information content (AvgIpc) is 2.88. The number of fused-ring (bicyclic) bond motifs is 1. The Kier molecular flexibility index (Phi) is 5.45. The molecule has 1 aliphatic carbocycles. The molecule has 22 heavy (non-hydrogen) atoms. The van der Waals surface area contributed by atoms with Crippen LogP contribution in [0.5, 0.6) is 0 Å². The number of sulfone groups is 1. The molecule has 3 fully saturated rings. The van der Waals surface area contributed by atoms with Crippen LogP contribution < -0.4 is 5.32 Å². The first-order valence-corrected chi connectivity index (χ1v) is 9.90. The second-order valence-electron chi connectivity index (χ2n) is 6.95. The van der Waals surface area contributed by atoms with Gasteiger partial charge in [-0.25, -0.2) is 8.42 Å². The molecule has 0 aromatic heterocycles. The molecule has 2 saturated heterocycles. The van der Waals surface area contributed by atoms with Crippen molar-refractivity contribution in [2.75, 3.05) is 12.3 Å². The molecule has 3 rings (SSSR count). The van der Waals surface area contributed by atoms with Crippen LogP contribution in [0.2, 0.25) is 0 Å². The van der Waals surface area contributed by atoms with Gasteiger partial charge in [0.1, 0.15) is 0 Å². The number of amides is 1. The van der Waals surface area contributed by atoms with E-state index in [-0.39, 0.29) is 36.2 Å². The van der Waals surface area contributed by atoms with Crippen LogP contribution in [0.15, 0.2) is 0 Å². The van der Waals surface area contributed by atoms with Gasteiger partial charge in [0.05, 0.1) is 17.0 Å². The number of rotatable bonds is 1. The molecule has 1 saturated carbocycles. The van der Waals surface area contributed by atoms with Crippen LogP contribution in [0, 0.1) is 5.92 Å². The molecule has 0 bridgehead atoms. The summed E-state index contributed by atoms with van der Waals surface area (Å²) < 4.78 is 23.9. The predicted molar refractivity (Wildman–Crippen MR) is 89.0 cm³/mol. The van der Waals surface area contributed by atoms with Crippen molar-refractivity contribution in [2.45, 2.75) is 69.3 Å². The first-order valence-electron chi connectivity index (χ1n) is 8.18. The summed E-state index contributed by atoms with van der Waals surface area (Å²) in [5.41, 5.74) is 0. The Morgan fingerprint density at radius 2 is 1.86 bits per heavy atom. The van der Waals surface area contributed by atoms with E-state index in [1.165, 1.54) is 25.7 Å². The maximum atomic E-state index is 12.8. The molecule has 7 heteroatoms. The van der Waals surface area contributed by atoms with Gasteiger partial charge in [-0.05, 0) is 39.0 Å².